The van der Waals surface area contributed by atoms with Crippen LogP contribution in [0.1, 0.15) is 6.42 Å². The molecule has 1 aromatic rings. The first-order valence-corrected chi connectivity index (χ1v) is 7.75. The lowest BCUT2D eigenvalue weighted by Gasteiger charge is -2.29. The molecule has 10 heteroatoms. The third-order valence-corrected chi connectivity index (χ3v) is 6.18. The van der Waals surface area contributed by atoms with Gasteiger partial charge in [-0.05, 0) is 12.1 Å². The largest absolute Gasteiger partial charge is 0.369 e. The molecular formula is C7H13NO7P2. The second kappa shape index (κ2) is 4.66. The van der Waals surface area contributed by atoms with E-state index < -0.39 is 26.7 Å². The lowest BCUT2D eigenvalue weighted by Crippen LogP contribution is -2.30. The van der Waals surface area contributed by atoms with Crippen LogP contribution in [-0.4, -0.2) is 34.3 Å². The molecule has 0 aromatic carbocycles. The van der Waals surface area contributed by atoms with Gasteiger partial charge in [-0.2, -0.15) is 0 Å². The van der Waals surface area contributed by atoms with Crippen molar-refractivity contribution < 1.29 is 33.8 Å². The van der Waals surface area contributed by atoms with Crippen LogP contribution in [0.3, 0.4) is 0 Å². The molecule has 8 nitrogen and oxygen atoms in total. The molecule has 0 radical (unpaired) electrons. The molecule has 98 valence electrons. The van der Waals surface area contributed by atoms with Gasteiger partial charge in [0.2, 0.25) is 0 Å². The first-order chi connectivity index (χ1) is 7.58. The van der Waals surface area contributed by atoms with E-state index in [1.165, 1.54) is 4.57 Å². The summed E-state index contributed by atoms with van der Waals surface area (Å²) >= 11 is 0. The Kier molecular flexibility index (Phi) is 4.01. The number of rotatable bonds is 5. The Morgan fingerprint density at radius 3 is 1.76 bits per heavy atom. The van der Waals surface area contributed by atoms with Crippen LogP contribution < -0.4 is 0 Å². The van der Waals surface area contributed by atoms with Crippen molar-refractivity contribution in [3.05, 3.63) is 24.5 Å². The Morgan fingerprint density at radius 1 is 1.00 bits per heavy atom. The van der Waals surface area contributed by atoms with E-state index in [2.05, 4.69) is 0 Å². The summed E-state index contributed by atoms with van der Waals surface area (Å²) in [5.41, 5.74) is 0. The fourth-order valence-corrected chi connectivity index (χ4v) is 3.40. The molecule has 0 atom stereocenters. The van der Waals surface area contributed by atoms with Gasteiger partial charge in [0, 0.05) is 25.4 Å². The highest BCUT2D eigenvalue weighted by molar-refractivity contribution is 7.72. The summed E-state index contributed by atoms with van der Waals surface area (Å²) in [7, 11) is -10.7. The van der Waals surface area contributed by atoms with E-state index in [1.54, 1.807) is 24.5 Å². The maximum atomic E-state index is 11.0. The van der Waals surface area contributed by atoms with Crippen molar-refractivity contribution in [3.8, 4) is 0 Å². The van der Waals surface area contributed by atoms with Gasteiger partial charge in [0.25, 0.3) is 5.08 Å². The molecule has 0 unspecified atom stereocenters. The first kappa shape index (κ1) is 14.6. The van der Waals surface area contributed by atoms with Crippen molar-refractivity contribution in [2.45, 2.75) is 18.0 Å². The van der Waals surface area contributed by atoms with Gasteiger partial charge in [-0.1, -0.05) is 0 Å². The van der Waals surface area contributed by atoms with Crippen molar-refractivity contribution in [2.24, 2.45) is 0 Å². The highest BCUT2D eigenvalue weighted by Crippen LogP contribution is 2.68. The Hall–Kier alpha value is -0.460. The van der Waals surface area contributed by atoms with Gasteiger partial charge in [0.05, 0.1) is 0 Å². The molecular weight excluding hydrogens is 272 g/mol. The highest BCUT2D eigenvalue weighted by Gasteiger charge is 2.58. The standard InChI is InChI=1S/C7H13NO7P2/c9-7(16(10,11)12,17(13,14)15)3-6-8-4-1-2-5-8/h1-2,4-5,9H,3,6H2,(H2,10,11,12)(H2,13,14,15). The number of aliphatic hydroxyl groups is 1. The van der Waals surface area contributed by atoms with Gasteiger partial charge in [-0.15, -0.1) is 0 Å². The Labute approximate surface area is 96.8 Å². The number of hydrogen-bond donors (Lipinski definition) is 5. The highest BCUT2D eigenvalue weighted by atomic mass is 31.2. The van der Waals surface area contributed by atoms with Gasteiger partial charge in [-0.3, -0.25) is 9.13 Å². The summed E-state index contributed by atoms with van der Waals surface area (Å²) in [6, 6.07) is 3.27. The molecule has 0 spiro atoms. The van der Waals surface area contributed by atoms with Crippen LogP contribution in [0.15, 0.2) is 24.5 Å². The first-order valence-electron chi connectivity index (χ1n) is 4.52. The zero-order valence-electron chi connectivity index (χ0n) is 8.62. The third kappa shape index (κ3) is 3.05. The topological polar surface area (TPSA) is 140 Å². The van der Waals surface area contributed by atoms with Gasteiger partial charge in [0.15, 0.2) is 0 Å². The molecule has 0 aliphatic rings. The van der Waals surface area contributed by atoms with Crippen LogP contribution in [0.4, 0.5) is 0 Å². The molecule has 0 amide bonds. The van der Waals surface area contributed by atoms with Crippen LogP contribution in [0.25, 0.3) is 0 Å². The summed E-state index contributed by atoms with van der Waals surface area (Å²) in [4.78, 5) is 35.4. The maximum absolute atomic E-state index is 11.0. The van der Waals surface area contributed by atoms with Gasteiger partial charge in [0.1, 0.15) is 0 Å². The third-order valence-electron chi connectivity index (χ3n) is 2.30. The minimum Gasteiger partial charge on any atom is -0.367 e. The van der Waals surface area contributed by atoms with Crippen molar-refractivity contribution in [1.29, 1.82) is 0 Å². The molecule has 1 heterocycles. The van der Waals surface area contributed by atoms with Gasteiger partial charge in [-0.25, -0.2) is 0 Å². The zero-order chi connectivity index (χ0) is 13.3. The molecule has 0 aliphatic heterocycles. The average Bonchev–Trinajstić information content (AvgIpc) is 2.62. The van der Waals surface area contributed by atoms with E-state index in [-0.39, 0.29) is 6.54 Å². The molecule has 5 N–H and O–H groups in total. The van der Waals surface area contributed by atoms with E-state index in [0.717, 1.165) is 0 Å². The van der Waals surface area contributed by atoms with Crippen LogP contribution in [0.2, 0.25) is 0 Å². The molecule has 0 saturated heterocycles. The minimum atomic E-state index is -5.35. The van der Waals surface area contributed by atoms with E-state index >= 15 is 0 Å². The molecule has 17 heavy (non-hydrogen) atoms. The Morgan fingerprint density at radius 2 is 1.41 bits per heavy atom. The second-order valence-electron chi connectivity index (χ2n) is 3.53. The number of nitrogens with zero attached hydrogens (tertiary/aromatic N) is 1. The second-order valence-corrected chi connectivity index (χ2v) is 7.54. The smallest absolute Gasteiger partial charge is 0.367 e. The normalized spacial score (nSPS) is 13.9. The van der Waals surface area contributed by atoms with Crippen LogP contribution in [0.5, 0.6) is 0 Å². The number of aryl methyl sites for hydroxylation is 1. The van der Waals surface area contributed by atoms with Crippen molar-refractivity contribution in [2.75, 3.05) is 0 Å². The van der Waals surface area contributed by atoms with Crippen LogP contribution >= 0.6 is 15.2 Å². The van der Waals surface area contributed by atoms with Crippen molar-refractivity contribution >= 4 is 15.2 Å². The van der Waals surface area contributed by atoms with Gasteiger partial charge >= 0.3 is 15.2 Å². The van der Waals surface area contributed by atoms with Crippen molar-refractivity contribution in [1.82, 2.24) is 4.57 Å². The predicted octanol–water partition coefficient (Wildman–Crippen LogP) is -0.120. The lowest BCUT2D eigenvalue weighted by atomic mass is 10.4. The SMILES string of the molecule is O=P(O)(O)C(O)(CCn1cccc1)P(=O)(O)O. The quantitative estimate of drug-likeness (QED) is 0.475. The average molecular weight is 285 g/mol. The summed E-state index contributed by atoms with van der Waals surface area (Å²) < 4.78 is 23.4. The molecule has 1 rings (SSSR count). The fraction of sp³-hybridized carbons (Fsp3) is 0.429. The Balaban J connectivity index is 2.94. The number of hydrogen-bond acceptors (Lipinski definition) is 3. The van der Waals surface area contributed by atoms with Crippen LogP contribution in [-0.2, 0) is 15.7 Å². The summed E-state index contributed by atoms with van der Waals surface area (Å²) in [5.74, 6) is 0. The monoisotopic (exact) mass is 285 g/mol. The van der Waals surface area contributed by atoms with Crippen LogP contribution in [0, 0.1) is 0 Å². The summed E-state index contributed by atoms with van der Waals surface area (Å²) in [6.45, 7) is -0.125. The molecule has 0 bridgehead atoms. The molecule has 0 saturated carbocycles. The maximum Gasteiger partial charge on any atom is 0.369 e. The molecule has 0 aliphatic carbocycles. The molecule has 0 fully saturated rings. The van der Waals surface area contributed by atoms with Gasteiger partial charge < -0.3 is 29.2 Å². The number of aromatic nitrogens is 1. The van der Waals surface area contributed by atoms with Crippen molar-refractivity contribution in [3.63, 3.8) is 0 Å². The van der Waals surface area contributed by atoms with E-state index in [0.29, 0.717) is 0 Å². The zero-order valence-corrected chi connectivity index (χ0v) is 10.4. The van der Waals surface area contributed by atoms with E-state index in [1.807, 2.05) is 0 Å². The summed E-state index contributed by atoms with van der Waals surface area (Å²) in [6.07, 6.45) is 2.33. The van der Waals surface area contributed by atoms with E-state index in [9.17, 15) is 14.2 Å². The fourth-order valence-electron chi connectivity index (χ4n) is 1.26. The molecule has 1 aromatic heterocycles. The minimum absolute atomic E-state index is 0.125. The lowest BCUT2D eigenvalue weighted by molar-refractivity contribution is 0.119. The Bertz CT molecular complexity index is 437. The predicted molar refractivity (Wildman–Crippen MR) is 58.1 cm³/mol. The van der Waals surface area contributed by atoms with E-state index in [4.69, 9.17) is 19.6 Å². The summed E-state index contributed by atoms with van der Waals surface area (Å²) in [5, 5.41) is 6.20.